The van der Waals surface area contributed by atoms with Crippen molar-refractivity contribution in [1.29, 1.82) is 5.26 Å². The number of rotatable bonds is 2. The Bertz CT molecular complexity index is 362. The Kier molecular flexibility index (Phi) is 2.56. The van der Waals surface area contributed by atoms with E-state index in [0.29, 0.717) is 4.88 Å². The molecule has 0 spiro atoms. The van der Waals surface area contributed by atoms with Crippen molar-refractivity contribution >= 4 is 22.4 Å². The molecule has 0 saturated heterocycles. The summed E-state index contributed by atoms with van der Waals surface area (Å²) in [4.78, 5) is 10.5. The van der Waals surface area contributed by atoms with E-state index in [1.54, 1.807) is 6.07 Å². The van der Waals surface area contributed by atoms with Gasteiger partial charge in [0, 0.05) is 17.0 Å². The SMILES string of the molecule is N#C/C=C/c1ccc([N+](=O)[O-])s1. The summed E-state index contributed by atoms with van der Waals surface area (Å²) < 4.78 is 0. The molecule has 1 aromatic rings. The van der Waals surface area contributed by atoms with Crippen molar-refractivity contribution in [2.24, 2.45) is 0 Å². The zero-order chi connectivity index (χ0) is 8.97. The van der Waals surface area contributed by atoms with E-state index in [1.165, 1.54) is 18.2 Å². The number of allylic oxidation sites excluding steroid dienone is 1. The molecule has 0 atom stereocenters. The van der Waals surface area contributed by atoms with Gasteiger partial charge in [-0.1, -0.05) is 11.3 Å². The zero-order valence-electron chi connectivity index (χ0n) is 5.93. The van der Waals surface area contributed by atoms with Crippen LogP contribution >= 0.6 is 11.3 Å². The first kappa shape index (κ1) is 8.43. The molecule has 0 aliphatic carbocycles. The van der Waals surface area contributed by atoms with Crippen LogP contribution in [0.5, 0.6) is 0 Å². The second-order valence-corrected chi connectivity index (χ2v) is 2.99. The lowest BCUT2D eigenvalue weighted by atomic mass is 10.4. The topological polar surface area (TPSA) is 66.9 Å². The standard InChI is InChI=1S/C7H4N2O2S/c8-5-1-2-6-3-4-7(12-6)9(10)11/h1-4H/b2-1+. The maximum atomic E-state index is 10.2. The molecule has 0 fully saturated rings. The number of thiophene rings is 1. The van der Waals surface area contributed by atoms with E-state index >= 15 is 0 Å². The van der Waals surface area contributed by atoms with Gasteiger partial charge in [-0.05, 0) is 12.1 Å². The first-order valence-corrected chi connectivity index (χ1v) is 3.86. The molecule has 60 valence electrons. The summed E-state index contributed by atoms with van der Waals surface area (Å²) in [7, 11) is 0. The second kappa shape index (κ2) is 3.64. The van der Waals surface area contributed by atoms with Gasteiger partial charge in [-0.15, -0.1) is 0 Å². The molecule has 0 amide bonds. The number of nitriles is 1. The Morgan fingerprint density at radius 2 is 2.42 bits per heavy atom. The maximum Gasteiger partial charge on any atom is 0.324 e. The normalized spacial score (nSPS) is 9.92. The molecule has 0 unspecified atom stereocenters. The van der Waals surface area contributed by atoms with Crippen LogP contribution in [0.25, 0.3) is 6.08 Å². The van der Waals surface area contributed by atoms with E-state index < -0.39 is 4.92 Å². The predicted octanol–water partition coefficient (Wildman–Crippen LogP) is 2.19. The number of hydrogen-bond donors (Lipinski definition) is 0. The van der Waals surface area contributed by atoms with Crippen molar-refractivity contribution in [1.82, 2.24) is 0 Å². The van der Waals surface area contributed by atoms with Gasteiger partial charge in [-0.3, -0.25) is 10.1 Å². The van der Waals surface area contributed by atoms with Crippen LogP contribution in [0.4, 0.5) is 5.00 Å². The Balaban J connectivity index is 2.86. The van der Waals surface area contributed by atoms with Crippen LogP contribution in [0, 0.1) is 21.4 Å². The van der Waals surface area contributed by atoms with Crippen molar-refractivity contribution in [2.75, 3.05) is 0 Å². The van der Waals surface area contributed by atoms with Crippen LogP contribution in [0.15, 0.2) is 18.2 Å². The molecule has 0 saturated carbocycles. The van der Waals surface area contributed by atoms with Gasteiger partial charge in [0.1, 0.15) is 0 Å². The zero-order valence-corrected chi connectivity index (χ0v) is 6.75. The molecule has 1 aromatic heterocycles. The highest BCUT2D eigenvalue weighted by molar-refractivity contribution is 7.16. The maximum absolute atomic E-state index is 10.2. The number of hydrogen-bond acceptors (Lipinski definition) is 4. The van der Waals surface area contributed by atoms with Crippen LogP contribution in [-0.4, -0.2) is 4.92 Å². The van der Waals surface area contributed by atoms with Crippen LogP contribution in [0.2, 0.25) is 0 Å². The van der Waals surface area contributed by atoms with Crippen molar-refractivity contribution in [2.45, 2.75) is 0 Å². The van der Waals surface area contributed by atoms with E-state index in [1.807, 2.05) is 6.07 Å². The average Bonchev–Trinajstić information content (AvgIpc) is 2.48. The average molecular weight is 180 g/mol. The lowest BCUT2D eigenvalue weighted by Crippen LogP contribution is -1.80. The van der Waals surface area contributed by atoms with Gasteiger partial charge in [-0.25, -0.2) is 0 Å². The third-order valence-electron chi connectivity index (χ3n) is 1.11. The first-order valence-electron chi connectivity index (χ1n) is 3.04. The molecule has 12 heavy (non-hydrogen) atoms. The molecule has 4 nitrogen and oxygen atoms in total. The van der Waals surface area contributed by atoms with Crippen LogP contribution in [-0.2, 0) is 0 Å². The Morgan fingerprint density at radius 1 is 1.67 bits per heavy atom. The predicted molar refractivity (Wildman–Crippen MR) is 45.6 cm³/mol. The summed E-state index contributed by atoms with van der Waals surface area (Å²) in [6.07, 6.45) is 2.83. The van der Waals surface area contributed by atoms with Crippen molar-refractivity contribution < 1.29 is 4.92 Å². The Hall–Kier alpha value is -1.67. The van der Waals surface area contributed by atoms with Gasteiger partial charge < -0.3 is 0 Å². The minimum Gasteiger partial charge on any atom is -0.258 e. The largest absolute Gasteiger partial charge is 0.324 e. The van der Waals surface area contributed by atoms with Crippen molar-refractivity contribution in [3.63, 3.8) is 0 Å². The quantitative estimate of drug-likeness (QED) is 0.398. The first-order chi connectivity index (χ1) is 5.74. The van der Waals surface area contributed by atoms with E-state index in [9.17, 15) is 10.1 Å². The van der Waals surface area contributed by atoms with E-state index in [4.69, 9.17) is 5.26 Å². The summed E-state index contributed by atoms with van der Waals surface area (Å²) in [6.45, 7) is 0. The summed E-state index contributed by atoms with van der Waals surface area (Å²) >= 11 is 1.04. The Morgan fingerprint density at radius 3 is 2.92 bits per heavy atom. The molecular formula is C7H4N2O2S. The van der Waals surface area contributed by atoms with E-state index in [0.717, 1.165) is 11.3 Å². The molecule has 0 radical (unpaired) electrons. The Labute approximate surface area is 72.5 Å². The number of nitrogens with zero attached hydrogens (tertiary/aromatic N) is 2. The third-order valence-corrected chi connectivity index (χ3v) is 2.12. The highest BCUT2D eigenvalue weighted by Crippen LogP contribution is 2.24. The smallest absolute Gasteiger partial charge is 0.258 e. The van der Waals surface area contributed by atoms with Crippen LogP contribution in [0.1, 0.15) is 4.88 Å². The van der Waals surface area contributed by atoms with Crippen LogP contribution in [0.3, 0.4) is 0 Å². The second-order valence-electron chi connectivity index (χ2n) is 1.90. The lowest BCUT2D eigenvalue weighted by Gasteiger charge is -1.79. The van der Waals surface area contributed by atoms with E-state index in [-0.39, 0.29) is 5.00 Å². The summed E-state index contributed by atoms with van der Waals surface area (Å²) in [6, 6.07) is 4.84. The molecule has 1 rings (SSSR count). The van der Waals surface area contributed by atoms with Crippen molar-refractivity contribution in [3.8, 4) is 6.07 Å². The van der Waals surface area contributed by atoms with Gasteiger partial charge in [0.2, 0.25) is 0 Å². The summed E-state index contributed by atoms with van der Waals surface area (Å²) in [5, 5.41) is 18.5. The molecule has 0 bridgehead atoms. The fraction of sp³-hybridized carbons (Fsp3) is 0. The summed E-state index contributed by atoms with van der Waals surface area (Å²) in [5.74, 6) is 0. The minimum atomic E-state index is -0.450. The third kappa shape index (κ3) is 1.90. The molecule has 0 aliphatic heterocycles. The van der Waals surface area contributed by atoms with Crippen LogP contribution < -0.4 is 0 Å². The van der Waals surface area contributed by atoms with Gasteiger partial charge in [0.05, 0.1) is 11.0 Å². The van der Waals surface area contributed by atoms with E-state index in [2.05, 4.69) is 0 Å². The highest BCUT2D eigenvalue weighted by atomic mass is 32.1. The van der Waals surface area contributed by atoms with Gasteiger partial charge >= 0.3 is 5.00 Å². The summed E-state index contributed by atoms with van der Waals surface area (Å²) in [5.41, 5.74) is 0. The molecule has 5 heteroatoms. The molecular weight excluding hydrogens is 176 g/mol. The lowest BCUT2D eigenvalue weighted by molar-refractivity contribution is -0.380. The van der Waals surface area contributed by atoms with Gasteiger partial charge in [0.15, 0.2) is 0 Å². The minimum absolute atomic E-state index is 0.0904. The fourth-order valence-corrected chi connectivity index (χ4v) is 1.37. The molecule has 0 aromatic carbocycles. The fourth-order valence-electron chi connectivity index (χ4n) is 0.649. The molecule has 0 N–H and O–H groups in total. The molecule has 1 heterocycles. The monoisotopic (exact) mass is 180 g/mol. The van der Waals surface area contributed by atoms with Gasteiger partial charge in [-0.2, -0.15) is 5.26 Å². The molecule has 0 aliphatic rings. The highest BCUT2D eigenvalue weighted by Gasteiger charge is 2.06. The van der Waals surface area contributed by atoms with Gasteiger partial charge in [0.25, 0.3) is 0 Å². The van der Waals surface area contributed by atoms with Crippen molar-refractivity contribution in [3.05, 3.63) is 33.2 Å². The number of nitro groups is 1.